The van der Waals surface area contributed by atoms with Crippen molar-refractivity contribution in [3.8, 4) is 0 Å². The van der Waals surface area contributed by atoms with Gasteiger partial charge in [0.15, 0.2) is 5.78 Å². The number of aryl methyl sites for hydroxylation is 1. The molecule has 1 N–H and O–H groups in total. The van der Waals surface area contributed by atoms with E-state index in [0.29, 0.717) is 5.56 Å². The van der Waals surface area contributed by atoms with E-state index in [1.165, 1.54) is 0 Å². The number of hydrogen-bond donors (Lipinski definition) is 1. The van der Waals surface area contributed by atoms with Crippen molar-refractivity contribution in [2.75, 3.05) is 6.54 Å². The van der Waals surface area contributed by atoms with Gasteiger partial charge in [0.2, 0.25) is 0 Å². The Labute approximate surface area is 163 Å². The molecule has 0 spiro atoms. The van der Waals surface area contributed by atoms with E-state index in [1.54, 1.807) is 19.1 Å². The topological polar surface area (TPSA) is 66.5 Å². The van der Waals surface area contributed by atoms with Crippen molar-refractivity contribution in [1.82, 2.24) is 10.2 Å². The number of amides is 3. The summed E-state index contributed by atoms with van der Waals surface area (Å²) in [6.07, 6.45) is 0. The SMILES string of the molecule is Cc1ccccc1C1(C)NC(=O)N(CC(=O)c2ccc3ccccc3c2)C1=O. The molecular formula is C23H20N2O3. The van der Waals surface area contributed by atoms with Crippen molar-refractivity contribution < 1.29 is 14.4 Å². The Morgan fingerprint density at radius 3 is 2.39 bits per heavy atom. The van der Waals surface area contributed by atoms with Crippen LogP contribution in [-0.4, -0.2) is 29.2 Å². The van der Waals surface area contributed by atoms with Crippen LogP contribution in [0.1, 0.15) is 28.4 Å². The fraction of sp³-hybridized carbons (Fsp3) is 0.174. The molecule has 3 aromatic rings. The lowest BCUT2D eigenvalue weighted by molar-refractivity contribution is -0.130. The number of nitrogens with one attached hydrogen (secondary N) is 1. The van der Waals surface area contributed by atoms with E-state index in [9.17, 15) is 14.4 Å². The number of carbonyl (C=O) groups is 3. The van der Waals surface area contributed by atoms with E-state index in [0.717, 1.165) is 26.8 Å². The number of urea groups is 1. The van der Waals surface area contributed by atoms with Crippen LogP contribution in [0.5, 0.6) is 0 Å². The summed E-state index contributed by atoms with van der Waals surface area (Å²) in [5.74, 6) is -0.691. The van der Waals surface area contributed by atoms with Gasteiger partial charge >= 0.3 is 6.03 Å². The lowest BCUT2D eigenvalue weighted by Gasteiger charge is -2.24. The molecule has 0 radical (unpaired) electrons. The second-order valence-electron chi connectivity index (χ2n) is 7.25. The number of Topliss-reactive ketones (excluding diaryl/α,β-unsaturated/α-hetero) is 1. The second-order valence-corrected chi connectivity index (χ2v) is 7.25. The van der Waals surface area contributed by atoms with Gasteiger partial charge in [-0.15, -0.1) is 0 Å². The number of benzene rings is 3. The highest BCUT2D eigenvalue weighted by atomic mass is 16.2. The largest absolute Gasteiger partial charge is 0.325 e. The van der Waals surface area contributed by atoms with Gasteiger partial charge in [-0.25, -0.2) is 4.79 Å². The quantitative estimate of drug-likeness (QED) is 0.560. The first kappa shape index (κ1) is 17.9. The van der Waals surface area contributed by atoms with Crippen molar-refractivity contribution in [3.63, 3.8) is 0 Å². The van der Waals surface area contributed by atoms with Crippen LogP contribution in [0.4, 0.5) is 4.79 Å². The number of ketones is 1. The first-order chi connectivity index (χ1) is 13.4. The summed E-state index contributed by atoms with van der Waals surface area (Å²) in [5.41, 5.74) is 0.936. The molecule has 1 aliphatic rings. The Balaban J connectivity index is 1.61. The van der Waals surface area contributed by atoms with E-state index in [1.807, 2.05) is 61.5 Å². The van der Waals surface area contributed by atoms with Gasteiger partial charge in [0, 0.05) is 5.56 Å². The molecule has 0 saturated carbocycles. The molecule has 1 heterocycles. The third-order valence-corrected chi connectivity index (χ3v) is 5.33. The summed E-state index contributed by atoms with van der Waals surface area (Å²) in [5, 5.41) is 4.73. The van der Waals surface area contributed by atoms with E-state index in [-0.39, 0.29) is 12.3 Å². The number of nitrogens with zero attached hydrogens (tertiary/aromatic N) is 1. The number of carbonyl (C=O) groups excluding carboxylic acids is 3. The van der Waals surface area contributed by atoms with Gasteiger partial charge in [0.05, 0.1) is 6.54 Å². The van der Waals surface area contributed by atoms with E-state index >= 15 is 0 Å². The minimum absolute atomic E-state index is 0.275. The number of rotatable bonds is 4. The molecule has 0 aromatic heterocycles. The Morgan fingerprint density at radius 2 is 1.64 bits per heavy atom. The molecule has 28 heavy (non-hydrogen) atoms. The van der Waals surface area contributed by atoms with Crippen molar-refractivity contribution >= 4 is 28.5 Å². The minimum Gasteiger partial charge on any atom is -0.319 e. The molecule has 140 valence electrons. The highest BCUT2D eigenvalue weighted by Gasteiger charge is 2.49. The molecule has 3 amide bonds. The monoisotopic (exact) mass is 372 g/mol. The van der Waals surface area contributed by atoms with Gasteiger partial charge in [-0.1, -0.05) is 60.7 Å². The Hall–Kier alpha value is -3.47. The maximum Gasteiger partial charge on any atom is 0.325 e. The predicted octanol–water partition coefficient (Wildman–Crippen LogP) is 3.80. The molecule has 1 aliphatic heterocycles. The Morgan fingerprint density at radius 1 is 0.964 bits per heavy atom. The summed E-state index contributed by atoms with van der Waals surface area (Å²) in [4.78, 5) is 39.3. The highest BCUT2D eigenvalue weighted by molar-refractivity contribution is 6.11. The third-order valence-electron chi connectivity index (χ3n) is 5.33. The molecule has 0 bridgehead atoms. The maximum absolute atomic E-state index is 13.1. The van der Waals surface area contributed by atoms with Crippen LogP contribution in [0.15, 0.2) is 66.7 Å². The average Bonchev–Trinajstić information content (AvgIpc) is 2.91. The van der Waals surface area contributed by atoms with Crippen LogP contribution in [0.25, 0.3) is 10.8 Å². The third kappa shape index (κ3) is 2.85. The standard InChI is InChI=1S/C23H20N2O3/c1-15-7-3-6-10-19(15)23(2)21(27)25(22(28)24-23)14-20(26)18-12-11-16-8-4-5-9-17(16)13-18/h3-13H,14H2,1-2H3,(H,24,28). The second kappa shape index (κ2) is 6.60. The summed E-state index contributed by atoms with van der Waals surface area (Å²) < 4.78 is 0. The van der Waals surface area contributed by atoms with E-state index in [4.69, 9.17) is 0 Å². The first-order valence-corrected chi connectivity index (χ1v) is 9.12. The molecule has 1 saturated heterocycles. The summed E-state index contributed by atoms with van der Waals surface area (Å²) in [7, 11) is 0. The van der Waals surface area contributed by atoms with Gasteiger partial charge in [-0.3, -0.25) is 14.5 Å². The predicted molar refractivity (Wildman–Crippen MR) is 107 cm³/mol. The molecule has 1 atom stereocenters. The van der Waals surface area contributed by atoms with E-state index < -0.39 is 17.5 Å². The van der Waals surface area contributed by atoms with Gasteiger partial charge in [-0.2, -0.15) is 0 Å². The van der Waals surface area contributed by atoms with Gasteiger partial charge in [0.25, 0.3) is 5.91 Å². The maximum atomic E-state index is 13.1. The number of fused-ring (bicyclic) bond motifs is 1. The van der Waals surface area contributed by atoms with Crippen molar-refractivity contribution in [1.29, 1.82) is 0 Å². The van der Waals surface area contributed by atoms with E-state index in [2.05, 4.69) is 5.32 Å². The first-order valence-electron chi connectivity index (χ1n) is 9.12. The summed E-state index contributed by atoms with van der Waals surface area (Å²) >= 11 is 0. The average molecular weight is 372 g/mol. The molecule has 4 rings (SSSR count). The van der Waals surface area contributed by atoms with Crippen LogP contribution in [0.2, 0.25) is 0 Å². The highest BCUT2D eigenvalue weighted by Crippen LogP contribution is 2.31. The minimum atomic E-state index is -1.17. The van der Waals surface area contributed by atoms with Gasteiger partial charge < -0.3 is 5.32 Å². The fourth-order valence-electron chi connectivity index (χ4n) is 3.75. The zero-order valence-corrected chi connectivity index (χ0v) is 15.7. The number of hydrogen-bond acceptors (Lipinski definition) is 3. The molecule has 3 aromatic carbocycles. The van der Waals surface area contributed by atoms with Crippen molar-refractivity contribution in [2.45, 2.75) is 19.4 Å². The fourth-order valence-corrected chi connectivity index (χ4v) is 3.75. The summed E-state index contributed by atoms with van der Waals surface area (Å²) in [6, 6.07) is 20.0. The van der Waals surface area contributed by atoms with Crippen LogP contribution in [0, 0.1) is 6.92 Å². The van der Waals surface area contributed by atoms with Gasteiger partial charge in [0.1, 0.15) is 5.54 Å². The molecular weight excluding hydrogens is 352 g/mol. The molecule has 0 aliphatic carbocycles. The van der Waals surface area contributed by atoms with Crippen LogP contribution < -0.4 is 5.32 Å². The van der Waals surface area contributed by atoms with Crippen molar-refractivity contribution in [3.05, 3.63) is 83.4 Å². The Kier molecular flexibility index (Phi) is 4.23. The number of imide groups is 1. The lowest BCUT2D eigenvalue weighted by Crippen LogP contribution is -2.42. The summed E-state index contributed by atoms with van der Waals surface area (Å²) in [6.45, 7) is 3.28. The van der Waals surface area contributed by atoms with Gasteiger partial charge in [-0.05, 0) is 41.8 Å². The zero-order valence-electron chi connectivity index (χ0n) is 15.7. The Bertz CT molecular complexity index is 1120. The lowest BCUT2D eigenvalue weighted by atomic mass is 9.88. The molecule has 5 heteroatoms. The normalized spacial score (nSPS) is 19.1. The molecule has 5 nitrogen and oxygen atoms in total. The smallest absolute Gasteiger partial charge is 0.319 e. The zero-order chi connectivity index (χ0) is 19.9. The van der Waals surface area contributed by atoms with Crippen LogP contribution in [-0.2, 0) is 10.3 Å². The van der Waals surface area contributed by atoms with Crippen LogP contribution >= 0.6 is 0 Å². The van der Waals surface area contributed by atoms with Crippen LogP contribution in [0.3, 0.4) is 0 Å². The molecule has 1 unspecified atom stereocenters. The molecule has 1 fully saturated rings. The van der Waals surface area contributed by atoms with Crippen molar-refractivity contribution in [2.24, 2.45) is 0 Å².